The summed E-state index contributed by atoms with van der Waals surface area (Å²) in [6.07, 6.45) is -11.0. The first-order valence-electron chi connectivity index (χ1n) is 5.65. The zero-order chi connectivity index (χ0) is 15.2. The van der Waals surface area contributed by atoms with Crippen molar-refractivity contribution in [3.63, 3.8) is 0 Å². The molecule has 0 spiro atoms. The Hall–Kier alpha value is 0.0949. The number of aliphatic hydroxyl groups excluding tert-OH is 6. The minimum atomic E-state index is -1.79. The molecule has 0 saturated carbocycles. The Balaban J connectivity index is 4.74. The minimum Gasteiger partial charge on any atom is -0.441 e. The molecule has 0 unspecified atom stereocenters. The average molecular weight is 300 g/mol. The Bertz CT molecular complexity index is 246. The highest BCUT2D eigenvalue weighted by Crippen LogP contribution is 2.17. The molecule has 0 saturated heterocycles. The Morgan fingerprint density at radius 2 is 1.47 bits per heavy atom. The SMILES string of the molecule is BOC[C@@H](O)[C@@H](O)[C@@H](OS)[C@@H](O)[C@@H](O)[C@@H](O)[C@H](C)O. The fraction of sp³-hybridized carbons (Fsp3) is 1.00. The van der Waals surface area contributed by atoms with Crippen molar-refractivity contribution in [3.05, 3.63) is 0 Å². The Labute approximate surface area is 117 Å². The van der Waals surface area contributed by atoms with E-state index in [1.165, 1.54) is 15.0 Å². The lowest BCUT2D eigenvalue weighted by Gasteiger charge is -2.33. The van der Waals surface area contributed by atoms with E-state index < -0.39 is 42.7 Å². The Morgan fingerprint density at radius 1 is 0.947 bits per heavy atom. The van der Waals surface area contributed by atoms with Crippen LogP contribution in [0.4, 0.5) is 0 Å². The largest absolute Gasteiger partial charge is 0.441 e. The van der Waals surface area contributed by atoms with Gasteiger partial charge in [0, 0.05) is 0 Å². The summed E-state index contributed by atoms with van der Waals surface area (Å²) >= 11 is 3.44. The van der Waals surface area contributed by atoms with Crippen molar-refractivity contribution in [1.29, 1.82) is 0 Å². The van der Waals surface area contributed by atoms with Gasteiger partial charge in [0.2, 0.25) is 0 Å². The van der Waals surface area contributed by atoms with Crippen LogP contribution in [0.2, 0.25) is 0 Å². The van der Waals surface area contributed by atoms with Crippen molar-refractivity contribution in [2.45, 2.75) is 49.7 Å². The highest BCUT2D eigenvalue weighted by Gasteiger charge is 2.39. The molecule has 0 bridgehead atoms. The molecule has 10 heteroatoms. The molecule has 0 aliphatic carbocycles. The quantitative estimate of drug-likeness (QED) is 0.130. The molecule has 114 valence electrons. The number of hydrogen-bond donors (Lipinski definition) is 7. The van der Waals surface area contributed by atoms with Crippen molar-refractivity contribution >= 4 is 21.0 Å². The first-order valence-corrected chi connectivity index (χ1v) is 6.02. The third kappa shape index (κ3) is 5.54. The van der Waals surface area contributed by atoms with Crippen molar-refractivity contribution in [1.82, 2.24) is 0 Å². The third-order valence-electron chi connectivity index (χ3n) is 2.72. The molecule has 0 aliphatic rings. The van der Waals surface area contributed by atoms with E-state index in [0.717, 1.165) is 0 Å². The lowest BCUT2D eigenvalue weighted by atomic mass is 9.95. The molecule has 0 amide bonds. The number of rotatable bonds is 9. The van der Waals surface area contributed by atoms with Crippen molar-refractivity contribution in [2.75, 3.05) is 6.61 Å². The second-order valence-electron chi connectivity index (χ2n) is 4.30. The van der Waals surface area contributed by atoms with Gasteiger partial charge in [-0.1, -0.05) is 0 Å². The summed E-state index contributed by atoms with van der Waals surface area (Å²) in [6, 6.07) is 0. The van der Waals surface area contributed by atoms with Crippen LogP contribution in [0.1, 0.15) is 6.92 Å². The zero-order valence-electron chi connectivity index (χ0n) is 10.7. The first-order chi connectivity index (χ1) is 8.77. The molecule has 0 radical (unpaired) electrons. The van der Waals surface area contributed by atoms with Gasteiger partial charge in [0.1, 0.15) is 36.6 Å². The molecule has 6 N–H and O–H groups in total. The fourth-order valence-electron chi connectivity index (χ4n) is 1.50. The molecule has 0 fully saturated rings. The maximum Gasteiger partial charge on any atom is 0.257 e. The monoisotopic (exact) mass is 300 g/mol. The molecule has 0 heterocycles. The second kappa shape index (κ2) is 9.11. The van der Waals surface area contributed by atoms with Gasteiger partial charge in [-0.3, -0.25) is 0 Å². The smallest absolute Gasteiger partial charge is 0.257 e. The van der Waals surface area contributed by atoms with Crippen LogP contribution in [-0.2, 0) is 8.84 Å². The van der Waals surface area contributed by atoms with Gasteiger partial charge < -0.3 is 39.5 Å². The van der Waals surface area contributed by atoms with Gasteiger partial charge in [-0.15, -0.1) is 0 Å². The summed E-state index contributed by atoms with van der Waals surface area (Å²) < 4.78 is 9.14. The van der Waals surface area contributed by atoms with Gasteiger partial charge in [-0.25, -0.2) is 0 Å². The van der Waals surface area contributed by atoms with E-state index >= 15 is 0 Å². The van der Waals surface area contributed by atoms with Crippen LogP contribution in [0.3, 0.4) is 0 Å². The standard InChI is InChI=1S/C9H21BO8S/c1-3(11)5(13)7(15)8(16)9(18-19)6(14)4(12)2-17-10/h3-9,11-16,19H,2,10H2,1H3/t3-,4+,5-,6+,7-,8-,9+/m0/s1. The third-order valence-corrected chi connectivity index (χ3v) is 2.96. The van der Waals surface area contributed by atoms with Gasteiger partial charge >= 0.3 is 0 Å². The van der Waals surface area contributed by atoms with E-state index in [9.17, 15) is 25.5 Å². The molecule has 0 rings (SSSR count). The van der Waals surface area contributed by atoms with Crippen LogP contribution in [0.5, 0.6) is 0 Å². The van der Waals surface area contributed by atoms with E-state index in [1.807, 2.05) is 0 Å². The van der Waals surface area contributed by atoms with Crippen LogP contribution in [-0.4, -0.2) is 88.0 Å². The number of aliphatic hydroxyl groups is 6. The van der Waals surface area contributed by atoms with E-state index in [-0.39, 0.29) is 6.61 Å². The summed E-state index contributed by atoms with van der Waals surface area (Å²) in [7, 11) is 1.30. The summed E-state index contributed by atoms with van der Waals surface area (Å²) in [5.41, 5.74) is 0. The minimum absolute atomic E-state index is 0.226. The average Bonchev–Trinajstić information content (AvgIpc) is 2.37. The predicted octanol–water partition coefficient (Wildman–Crippen LogP) is -4.03. The van der Waals surface area contributed by atoms with E-state index in [4.69, 9.17) is 5.11 Å². The molecule has 0 aromatic carbocycles. The van der Waals surface area contributed by atoms with Gasteiger partial charge in [0.15, 0.2) is 0 Å². The van der Waals surface area contributed by atoms with Crippen LogP contribution in [0.25, 0.3) is 0 Å². The lowest BCUT2D eigenvalue weighted by Crippen LogP contribution is -2.54. The number of hydrogen-bond acceptors (Lipinski definition) is 9. The predicted molar refractivity (Wildman–Crippen MR) is 70.1 cm³/mol. The van der Waals surface area contributed by atoms with Crippen molar-refractivity contribution < 1.29 is 39.5 Å². The normalized spacial score (nSPS) is 23.2. The Morgan fingerprint density at radius 3 is 1.84 bits per heavy atom. The summed E-state index contributed by atoms with van der Waals surface area (Å²) in [4.78, 5) is 0. The molecule has 0 aromatic heterocycles. The summed E-state index contributed by atoms with van der Waals surface area (Å²) in [6.45, 7) is 0.990. The molecular formula is C9H21BO8S. The molecular weight excluding hydrogens is 279 g/mol. The van der Waals surface area contributed by atoms with E-state index in [0.29, 0.717) is 0 Å². The highest BCUT2D eigenvalue weighted by molar-refractivity contribution is 7.75. The molecule has 8 nitrogen and oxygen atoms in total. The Kier molecular flexibility index (Phi) is 9.15. The van der Waals surface area contributed by atoms with Gasteiger partial charge in [0.25, 0.3) is 8.05 Å². The summed E-state index contributed by atoms with van der Waals surface area (Å²) in [5, 5.41) is 57.2. The van der Waals surface area contributed by atoms with Crippen LogP contribution < -0.4 is 0 Å². The second-order valence-corrected chi connectivity index (χ2v) is 4.51. The van der Waals surface area contributed by atoms with Crippen LogP contribution in [0, 0.1) is 0 Å². The van der Waals surface area contributed by atoms with Gasteiger partial charge in [0.05, 0.1) is 12.7 Å². The number of thiol groups is 1. The molecule has 19 heavy (non-hydrogen) atoms. The molecule has 0 aliphatic heterocycles. The van der Waals surface area contributed by atoms with Crippen molar-refractivity contribution in [3.8, 4) is 0 Å². The fourth-order valence-corrected chi connectivity index (χ4v) is 1.75. The zero-order valence-corrected chi connectivity index (χ0v) is 11.6. The lowest BCUT2D eigenvalue weighted by molar-refractivity contribution is -0.156. The first kappa shape index (κ1) is 19.1. The van der Waals surface area contributed by atoms with Crippen molar-refractivity contribution in [2.24, 2.45) is 0 Å². The molecule has 7 atom stereocenters. The topological polar surface area (TPSA) is 140 Å². The van der Waals surface area contributed by atoms with Gasteiger partial charge in [-0.2, -0.15) is 0 Å². The van der Waals surface area contributed by atoms with Crippen LogP contribution >= 0.6 is 12.9 Å². The van der Waals surface area contributed by atoms with Crippen LogP contribution in [0.15, 0.2) is 0 Å². The highest BCUT2D eigenvalue weighted by atomic mass is 32.1. The van der Waals surface area contributed by atoms with E-state index in [1.54, 1.807) is 0 Å². The maximum atomic E-state index is 9.78. The maximum absolute atomic E-state index is 9.78. The van der Waals surface area contributed by atoms with E-state index in [2.05, 4.69) is 21.7 Å². The molecule has 0 aromatic rings. The summed E-state index contributed by atoms with van der Waals surface area (Å²) in [5.74, 6) is 0. The van der Waals surface area contributed by atoms with Gasteiger partial charge in [-0.05, 0) is 19.8 Å².